The fourth-order valence-electron chi connectivity index (χ4n) is 2.99. The van der Waals surface area contributed by atoms with Crippen molar-refractivity contribution in [3.63, 3.8) is 0 Å². The lowest BCUT2D eigenvalue weighted by Crippen LogP contribution is -2.43. The molecule has 3 rings (SSSR count). The zero-order chi connectivity index (χ0) is 19.9. The summed E-state index contributed by atoms with van der Waals surface area (Å²) in [5.74, 6) is 0.589. The van der Waals surface area contributed by atoms with E-state index in [0.29, 0.717) is 25.2 Å². The van der Waals surface area contributed by atoms with Gasteiger partial charge in [-0.2, -0.15) is 0 Å². The molecular formula is C19H24N4O4S. The molecule has 1 aliphatic rings. The van der Waals surface area contributed by atoms with Gasteiger partial charge in [-0.25, -0.2) is 0 Å². The third kappa shape index (κ3) is 5.26. The molecule has 0 atom stereocenters. The van der Waals surface area contributed by atoms with Crippen molar-refractivity contribution in [3.8, 4) is 5.75 Å². The molecular weight excluding hydrogens is 380 g/mol. The van der Waals surface area contributed by atoms with Crippen LogP contribution in [0.3, 0.4) is 0 Å². The lowest BCUT2D eigenvalue weighted by molar-refractivity contribution is -0.136. The average molecular weight is 404 g/mol. The van der Waals surface area contributed by atoms with E-state index in [1.165, 1.54) is 18.6 Å². The SMILES string of the molecule is COCC(=O)N1CCC(Oc2ccc(C(=O)NCc3snnc3C)cc2)CC1. The van der Waals surface area contributed by atoms with E-state index >= 15 is 0 Å². The quantitative estimate of drug-likeness (QED) is 0.756. The van der Waals surface area contributed by atoms with Crippen molar-refractivity contribution in [2.45, 2.75) is 32.4 Å². The molecule has 28 heavy (non-hydrogen) atoms. The first-order valence-electron chi connectivity index (χ1n) is 9.16. The van der Waals surface area contributed by atoms with Crippen LogP contribution >= 0.6 is 11.5 Å². The van der Waals surface area contributed by atoms with Gasteiger partial charge >= 0.3 is 0 Å². The molecule has 0 saturated carbocycles. The van der Waals surface area contributed by atoms with Crippen LogP contribution in [0.2, 0.25) is 0 Å². The highest BCUT2D eigenvalue weighted by Gasteiger charge is 2.23. The molecule has 0 bridgehead atoms. The highest BCUT2D eigenvalue weighted by molar-refractivity contribution is 7.05. The molecule has 8 nitrogen and oxygen atoms in total. The van der Waals surface area contributed by atoms with Crippen molar-refractivity contribution in [2.24, 2.45) is 0 Å². The number of ether oxygens (including phenoxy) is 2. The van der Waals surface area contributed by atoms with E-state index in [-0.39, 0.29) is 24.5 Å². The molecule has 0 radical (unpaired) electrons. The number of methoxy groups -OCH3 is 1. The van der Waals surface area contributed by atoms with Gasteiger partial charge in [0.1, 0.15) is 18.5 Å². The summed E-state index contributed by atoms with van der Waals surface area (Å²) in [5.41, 5.74) is 1.41. The maximum atomic E-state index is 12.3. The average Bonchev–Trinajstić information content (AvgIpc) is 3.12. The topological polar surface area (TPSA) is 93.6 Å². The first kappa shape index (κ1) is 20.2. The second-order valence-corrected chi connectivity index (χ2v) is 7.46. The van der Waals surface area contributed by atoms with E-state index in [4.69, 9.17) is 9.47 Å². The number of amides is 2. The van der Waals surface area contributed by atoms with E-state index in [2.05, 4.69) is 14.9 Å². The number of hydrogen-bond donors (Lipinski definition) is 1. The van der Waals surface area contributed by atoms with Crippen molar-refractivity contribution in [1.29, 1.82) is 0 Å². The van der Waals surface area contributed by atoms with Gasteiger partial charge in [-0.15, -0.1) is 5.10 Å². The minimum absolute atomic E-state index is 0.0145. The van der Waals surface area contributed by atoms with Gasteiger partial charge in [0.05, 0.1) is 17.1 Å². The molecule has 0 unspecified atom stereocenters. The first-order chi connectivity index (χ1) is 13.6. The smallest absolute Gasteiger partial charge is 0.251 e. The van der Waals surface area contributed by atoms with Gasteiger partial charge in [-0.05, 0) is 42.7 Å². The van der Waals surface area contributed by atoms with E-state index in [1.54, 1.807) is 29.2 Å². The third-order valence-electron chi connectivity index (χ3n) is 4.64. The number of hydrogen-bond acceptors (Lipinski definition) is 7. The summed E-state index contributed by atoms with van der Waals surface area (Å²) < 4.78 is 14.7. The van der Waals surface area contributed by atoms with Crippen LogP contribution in [0.15, 0.2) is 24.3 Å². The van der Waals surface area contributed by atoms with Crippen LogP contribution in [0.5, 0.6) is 5.75 Å². The number of nitrogens with zero attached hydrogens (tertiary/aromatic N) is 3. The Hall–Kier alpha value is -2.52. The second-order valence-electron chi connectivity index (χ2n) is 6.62. The summed E-state index contributed by atoms with van der Waals surface area (Å²) in [5, 5.41) is 6.80. The lowest BCUT2D eigenvalue weighted by Gasteiger charge is -2.32. The summed E-state index contributed by atoms with van der Waals surface area (Å²) in [6.07, 6.45) is 1.62. The highest BCUT2D eigenvalue weighted by atomic mass is 32.1. The number of carbonyl (C=O) groups is 2. The number of aromatic nitrogens is 2. The van der Waals surface area contributed by atoms with Gasteiger partial charge in [-0.3, -0.25) is 9.59 Å². The van der Waals surface area contributed by atoms with Crippen LogP contribution in [-0.2, 0) is 16.1 Å². The second kappa shape index (κ2) is 9.61. The van der Waals surface area contributed by atoms with E-state index in [1.807, 2.05) is 6.92 Å². The van der Waals surface area contributed by atoms with Crippen molar-refractivity contribution in [3.05, 3.63) is 40.4 Å². The van der Waals surface area contributed by atoms with Crippen molar-refractivity contribution < 1.29 is 19.1 Å². The molecule has 1 N–H and O–H groups in total. The summed E-state index contributed by atoms with van der Waals surface area (Å²) in [6.45, 7) is 3.74. The monoisotopic (exact) mass is 404 g/mol. The standard InChI is InChI=1S/C19H24N4O4S/c1-13-17(28-22-21-13)11-20-19(25)14-3-5-15(6-4-14)27-16-7-9-23(10-8-16)18(24)12-26-2/h3-6,16H,7-12H2,1-2H3,(H,20,25). The van der Waals surface area contributed by atoms with Crippen molar-refractivity contribution >= 4 is 23.3 Å². The van der Waals surface area contributed by atoms with Crippen LogP contribution in [-0.4, -0.2) is 59.2 Å². The van der Waals surface area contributed by atoms with E-state index in [9.17, 15) is 9.59 Å². The molecule has 1 aromatic heterocycles. The van der Waals surface area contributed by atoms with Crippen molar-refractivity contribution in [2.75, 3.05) is 26.8 Å². The predicted molar refractivity (Wildman–Crippen MR) is 104 cm³/mol. The van der Waals surface area contributed by atoms with Gasteiger partial charge < -0.3 is 19.7 Å². The van der Waals surface area contributed by atoms with E-state index in [0.717, 1.165) is 29.2 Å². The normalized spacial score (nSPS) is 14.7. The first-order valence-corrected chi connectivity index (χ1v) is 9.93. The zero-order valence-corrected chi connectivity index (χ0v) is 16.8. The van der Waals surface area contributed by atoms with Crippen LogP contribution in [0.1, 0.15) is 33.8 Å². The number of piperidine rings is 1. The summed E-state index contributed by atoms with van der Waals surface area (Å²) >= 11 is 1.29. The van der Waals surface area contributed by atoms with Gasteiger partial charge in [0.15, 0.2) is 0 Å². The molecule has 2 heterocycles. The molecule has 0 aliphatic carbocycles. The molecule has 2 amide bonds. The Morgan fingerprint density at radius 2 is 1.96 bits per heavy atom. The number of likely N-dealkylation sites (tertiary alicyclic amines) is 1. The number of nitrogens with one attached hydrogen (secondary N) is 1. The Labute approximate surface area is 168 Å². The Morgan fingerprint density at radius 3 is 2.57 bits per heavy atom. The molecule has 9 heteroatoms. The Balaban J connectivity index is 1.46. The van der Waals surface area contributed by atoms with Crippen molar-refractivity contribution in [1.82, 2.24) is 19.8 Å². The Bertz CT molecular complexity index is 801. The summed E-state index contributed by atoms with van der Waals surface area (Å²) in [7, 11) is 1.52. The van der Waals surface area contributed by atoms with Crippen LogP contribution < -0.4 is 10.1 Å². The van der Waals surface area contributed by atoms with Gasteiger partial charge in [0.2, 0.25) is 5.91 Å². The van der Waals surface area contributed by atoms with E-state index < -0.39 is 0 Å². The molecule has 150 valence electrons. The maximum Gasteiger partial charge on any atom is 0.251 e. The third-order valence-corrected chi connectivity index (χ3v) is 5.46. The number of benzene rings is 1. The summed E-state index contributed by atoms with van der Waals surface area (Å²) in [4.78, 5) is 26.8. The predicted octanol–water partition coefficient (Wildman–Crippen LogP) is 1.79. The largest absolute Gasteiger partial charge is 0.490 e. The lowest BCUT2D eigenvalue weighted by atomic mass is 10.1. The molecule has 2 aromatic rings. The molecule has 0 spiro atoms. The van der Waals surface area contributed by atoms with Crippen LogP contribution in [0.4, 0.5) is 0 Å². The number of rotatable bonds is 7. The summed E-state index contributed by atoms with van der Waals surface area (Å²) in [6, 6.07) is 7.10. The fourth-order valence-corrected chi connectivity index (χ4v) is 3.56. The highest BCUT2D eigenvalue weighted by Crippen LogP contribution is 2.20. The van der Waals surface area contributed by atoms with Gasteiger partial charge in [0, 0.05) is 38.6 Å². The Kier molecular flexibility index (Phi) is 6.94. The van der Waals surface area contributed by atoms with Crippen LogP contribution in [0.25, 0.3) is 0 Å². The Morgan fingerprint density at radius 1 is 1.25 bits per heavy atom. The van der Waals surface area contributed by atoms with Crippen LogP contribution in [0, 0.1) is 6.92 Å². The maximum absolute atomic E-state index is 12.3. The van der Waals surface area contributed by atoms with Gasteiger partial charge in [-0.1, -0.05) is 4.49 Å². The number of aryl methyl sites for hydroxylation is 1. The molecule has 1 aliphatic heterocycles. The minimum Gasteiger partial charge on any atom is -0.490 e. The fraction of sp³-hybridized carbons (Fsp3) is 0.474. The minimum atomic E-state index is -0.149. The number of carbonyl (C=O) groups excluding carboxylic acids is 2. The molecule has 1 saturated heterocycles. The zero-order valence-electron chi connectivity index (χ0n) is 16.0. The van der Waals surface area contributed by atoms with Gasteiger partial charge in [0.25, 0.3) is 5.91 Å². The molecule has 1 aromatic carbocycles. The molecule has 1 fully saturated rings.